The number of benzene rings is 13. The van der Waals surface area contributed by atoms with Gasteiger partial charge in [0, 0.05) is 47.0 Å². The molecule has 0 unspecified atom stereocenters. The maximum atomic E-state index is 2.48. The zero-order valence-corrected chi connectivity index (χ0v) is 40.7. The Morgan fingerprint density at radius 2 is 0.527 bits per heavy atom. The van der Waals surface area contributed by atoms with E-state index < -0.39 is 0 Å². The summed E-state index contributed by atoms with van der Waals surface area (Å²) >= 11 is 0. The van der Waals surface area contributed by atoms with E-state index in [0.717, 1.165) is 24.2 Å². The number of para-hydroxylation sites is 4. The van der Waals surface area contributed by atoms with Gasteiger partial charge >= 0.3 is 0 Å². The summed E-state index contributed by atoms with van der Waals surface area (Å²) in [6, 6.07) is 99.6. The summed E-state index contributed by atoms with van der Waals surface area (Å²) in [6.07, 6.45) is 1.81. The predicted molar refractivity (Wildman–Crippen MR) is 313 cm³/mol. The Hall–Kier alpha value is -9.50. The first-order chi connectivity index (χ1) is 36.7. The van der Waals surface area contributed by atoms with Crippen molar-refractivity contribution in [2.24, 2.45) is 0 Å². The van der Waals surface area contributed by atoms with E-state index in [-0.39, 0.29) is 0 Å². The number of nitrogens with zero attached hydrogens (tertiary/aromatic N) is 2. The molecule has 74 heavy (non-hydrogen) atoms. The molecule has 2 aliphatic heterocycles. The van der Waals surface area contributed by atoms with Crippen LogP contribution in [0.25, 0.3) is 87.6 Å². The van der Waals surface area contributed by atoms with E-state index in [9.17, 15) is 0 Å². The quantitative estimate of drug-likeness (QED) is 0.153. The monoisotopic (exact) mass is 940 g/mol. The summed E-state index contributed by atoms with van der Waals surface area (Å²) in [5.74, 6) is 0. The molecular weight excluding hydrogens is 893 g/mol. The summed E-state index contributed by atoms with van der Waals surface area (Å²) in [5.41, 5.74) is 22.1. The first-order valence-corrected chi connectivity index (χ1v) is 25.8. The van der Waals surface area contributed by atoms with Crippen molar-refractivity contribution in [2.75, 3.05) is 9.80 Å². The summed E-state index contributed by atoms with van der Waals surface area (Å²) in [7, 11) is 0. The van der Waals surface area contributed by atoms with Crippen LogP contribution in [0, 0.1) is 0 Å². The molecule has 2 heteroatoms. The smallest absolute Gasteiger partial charge is 0.0497 e. The Balaban J connectivity index is 0.995. The van der Waals surface area contributed by atoms with Gasteiger partial charge in [-0.25, -0.2) is 0 Å². The van der Waals surface area contributed by atoms with E-state index >= 15 is 0 Å². The average Bonchev–Trinajstić information content (AvgIpc) is 3.50. The molecule has 0 aromatic heterocycles. The topological polar surface area (TPSA) is 6.48 Å². The van der Waals surface area contributed by atoms with Crippen LogP contribution in [-0.4, -0.2) is 0 Å². The first-order valence-electron chi connectivity index (χ1n) is 25.8. The average molecular weight is 941 g/mol. The lowest BCUT2D eigenvalue weighted by molar-refractivity contribution is 1.09. The number of hydrogen-bond acceptors (Lipinski definition) is 2. The molecule has 0 saturated heterocycles. The molecule has 346 valence electrons. The van der Waals surface area contributed by atoms with Crippen molar-refractivity contribution < 1.29 is 0 Å². The minimum atomic E-state index is 0.906. The number of rotatable bonds is 6. The van der Waals surface area contributed by atoms with Crippen molar-refractivity contribution in [2.45, 2.75) is 12.8 Å². The van der Waals surface area contributed by atoms with E-state index in [4.69, 9.17) is 0 Å². The molecule has 2 aliphatic rings. The third-order valence-corrected chi connectivity index (χ3v) is 15.8. The molecule has 15 rings (SSSR count). The molecule has 0 spiro atoms. The fourth-order valence-corrected chi connectivity index (χ4v) is 12.2. The molecule has 0 bridgehead atoms. The first kappa shape index (κ1) is 42.2. The number of hydrogen-bond donors (Lipinski definition) is 0. The van der Waals surface area contributed by atoms with Crippen LogP contribution in [0.15, 0.2) is 267 Å². The summed E-state index contributed by atoms with van der Waals surface area (Å²) in [4.78, 5) is 4.97. The SMILES string of the molecule is c1ccc2c(c1)Cc1ccccc1N2c1ccc2c(-c3ccc(-c4ccc5ccccc5c4)cc3)c3cc(N4c5ccccc5Cc5ccccc54)ccc3c(-c3ccc(-c4ccc5ccccc5c4)cc3)c2c1. The lowest BCUT2D eigenvalue weighted by atomic mass is 9.84. The van der Waals surface area contributed by atoms with Crippen molar-refractivity contribution >= 4 is 77.2 Å². The number of anilines is 6. The molecule has 13 aromatic rings. The van der Waals surface area contributed by atoms with Crippen LogP contribution in [0.2, 0.25) is 0 Å². The van der Waals surface area contributed by atoms with Crippen molar-refractivity contribution in [1.29, 1.82) is 0 Å². The Morgan fingerprint density at radius 3 is 0.905 bits per heavy atom. The molecule has 0 aliphatic carbocycles. The van der Waals surface area contributed by atoms with Crippen molar-refractivity contribution in [3.8, 4) is 44.5 Å². The van der Waals surface area contributed by atoms with E-state index in [1.54, 1.807) is 0 Å². The predicted octanol–water partition coefficient (Wildman–Crippen LogP) is 19.7. The maximum Gasteiger partial charge on any atom is 0.0497 e. The molecule has 0 radical (unpaired) electrons. The largest absolute Gasteiger partial charge is 0.310 e. The van der Waals surface area contributed by atoms with Gasteiger partial charge in [-0.05, 0) is 171 Å². The van der Waals surface area contributed by atoms with Gasteiger partial charge in [-0.2, -0.15) is 0 Å². The van der Waals surface area contributed by atoms with E-state index in [1.165, 1.54) is 133 Å². The van der Waals surface area contributed by atoms with Crippen LogP contribution in [0.5, 0.6) is 0 Å². The normalized spacial score (nSPS) is 12.7. The molecular formula is C72H48N2. The summed E-state index contributed by atoms with van der Waals surface area (Å²) < 4.78 is 0. The van der Waals surface area contributed by atoms with Gasteiger partial charge in [0.2, 0.25) is 0 Å². The van der Waals surface area contributed by atoms with Gasteiger partial charge in [0.1, 0.15) is 0 Å². The lowest BCUT2D eigenvalue weighted by Crippen LogP contribution is -2.18. The fraction of sp³-hybridized carbons (Fsp3) is 0.0278. The van der Waals surface area contributed by atoms with Gasteiger partial charge < -0.3 is 9.80 Å². The van der Waals surface area contributed by atoms with Crippen molar-refractivity contribution in [3.63, 3.8) is 0 Å². The molecule has 0 saturated carbocycles. The Morgan fingerprint density at radius 1 is 0.216 bits per heavy atom. The molecule has 0 fully saturated rings. The van der Waals surface area contributed by atoms with Crippen LogP contribution in [0.4, 0.5) is 34.1 Å². The third kappa shape index (κ3) is 6.94. The van der Waals surface area contributed by atoms with Crippen LogP contribution in [-0.2, 0) is 12.8 Å². The van der Waals surface area contributed by atoms with Gasteiger partial charge in [0.25, 0.3) is 0 Å². The van der Waals surface area contributed by atoms with E-state index in [2.05, 4.69) is 277 Å². The van der Waals surface area contributed by atoms with Crippen molar-refractivity contribution in [1.82, 2.24) is 0 Å². The van der Waals surface area contributed by atoms with E-state index in [1.807, 2.05) is 0 Å². The Labute approximate surface area is 431 Å². The highest BCUT2D eigenvalue weighted by Crippen LogP contribution is 2.51. The molecule has 2 nitrogen and oxygen atoms in total. The van der Waals surface area contributed by atoms with Crippen molar-refractivity contribution in [3.05, 3.63) is 289 Å². The highest BCUT2D eigenvalue weighted by molar-refractivity contribution is 6.23. The van der Waals surface area contributed by atoms with Gasteiger partial charge in [0.15, 0.2) is 0 Å². The summed E-state index contributed by atoms with van der Waals surface area (Å²) in [6.45, 7) is 0. The van der Waals surface area contributed by atoms with Gasteiger partial charge in [-0.15, -0.1) is 0 Å². The molecule has 0 amide bonds. The second-order valence-electron chi connectivity index (χ2n) is 20.0. The molecule has 13 aromatic carbocycles. The Kier molecular flexibility index (Phi) is 9.74. The standard InChI is InChI=1S/C72H48N2/c1-3-15-53-41-55(35-29-47(53)13-1)49-25-31-51(32-26-49)71-63-39-37-62(74-69-23-11-7-19-59(69)44-60-20-8-12-24-70(60)74)46-66(63)72(52-33-27-50(28-34-52)56-36-30-48-14-2-4-16-54(48)42-56)64-40-38-61(45-65(64)71)73-67-21-9-5-17-57(67)43-58-18-6-10-22-68(58)73/h1-42,45-46H,43-44H2. The van der Waals surface area contributed by atoms with Gasteiger partial charge in [-0.3, -0.25) is 0 Å². The second-order valence-corrected chi connectivity index (χ2v) is 20.0. The van der Waals surface area contributed by atoms with Crippen LogP contribution >= 0.6 is 0 Å². The molecule has 0 atom stereocenters. The highest BCUT2D eigenvalue weighted by Gasteiger charge is 2.28. The lowest BCUT2D eigenvalue weighted by Gasteiger charge is -2.34. The zero-order valence-electron chi connectivity index (χ0n) is 40.7. The molecule has 2 heterocycles. The Bertz CT molecular complexity index is 4000. The molecule has 0 N–H and O–H groups in total. The van der Waals surface area contributed by atoms with Crippen LogP contribution < -0.4 is 9.80 Å². The van der Waals surface area contributed by atoms with E-state index in [0.29, 0.717) is 0 Å². The van der Waals surface area contributed by atoms with Crippen LogP contribution in [0.3, 0.4) is 0 Å². The van der Waals surface area contributed by atoms with Crippen LogP contribution in [0.1, 0.15) is 22.3 Å². The van der Waals surface area contributed by atoms with Gasteiger partial charge in [0.05, 0.1) is 0 Å². The maximum absolute atomic E-state index is 2.48. The zero-order chi connectivity index (χ0) is 48.7. The number of fused-ring (bicyclic) bond motifs is 8. The second kappa shape index (κ2) is 17.1. The highest BCUT2D eigenvalue weighted by atomic mass is 15.2. The minimum Gasteiger partial charge on any atom is -0.310 e. The minimum absolute atomic E-state index is 0.906. The summed E-state index contributed by atoms with van der Waals surface area (Å²) in [5, 5.41) is 9.84. The van der Waals surface area contributed by atoms with Gasteiger partial charge in [-0.1, -0.05) is 206 Å². The fourth-order valence-electron chi connectivity index (χ4n) is 12.2. The third-order valence-electron chi connectivity index (χ3n) is 15.8.